The number of nitrogens with zero attached hydrogens (tertiary/aromatic N) is 1. The van der Waals surface area contributed by atoms with Crippen molar-refractivity contribution in [2.45, 2.75) is 12.8 Å². The molecule has 0 saturated heterocycles. The molecular weight excluding hydrogens is 214 g/mol. The summed E-state index contributed by atoms with van der Waals surface area (Å²) in [5.74, 6) is -0.210. The lowest BCUT2D eigenvalue weighted by molar-refractivity contribution is 0.481. The average Bonchev–Trinajstić information content (AvgIpc) is 2.16. The van der Waals surface area contributed by atoms with Crippen LogP contribution < -0.4 is 0 Å². The fraction of sp³-hybridized carbons (Fsp3) is 0.300. The SMILES string of the molecule is C=Cc1cc(CCCS(=O)(=O)O)ccn1. The molecule has 0 spiro atoms. The Hall–Kier alpha value is -1.20. The van der Waals surface area contributed by atoms with Gasteiger partial charge >= 0.3 is 0 Å². The van der Waals surface area contributed by atoms with E-state index in [1.807, 2.05) is 12.1 Å². The molecule has 1 N–H and O–H groups in total. The van der Waals surface area contributed by atoms with Crippen LogP contribution in [0, 0.1) is 0 Å². The second kappa shape index (κ2) is 5.04. The molecule has 0 saturated carbocycles. The van der Waals surface area contributed by atoms with Gasteiger partial charge in [0.25, 0.3) is 10.1 Å². The summed E-state index contributed by atoms with van der Waals surface area (Å²) in [5.41, 5.74) is 1.75. The van der Waals surface area contributed by atoms with Crippen molar-refractivity contribution in [1.82, 2.24) is 4.98 Å². The van der Waals surface area contributed by atoms with Crippen molar-refractivity contribution < 1.29 is 13.0 Å². The van der Waals surface area contributed by atoms with Crippen LogP contribution in [0.2, 0.25) is 0 Å². The summed E-state index contributed by atoms with van der Waals surface area (Å²) in [4.78, 5) is 4.03. The minimum absolute atomic E-state index is 0.210. The fourth-order valence-corrected chi connectivity index (χ4v) is 1.73. The normalized spacial score (nSPS) is 11.3. The first-order valence-electron chi connectivity index (χ1n) is 4.54. The van der Waals surface area contributed by atoms with Gasteiger partial charge in [0, 0.05) is 6.20 Å². The molecular formula is C10H13NO3S. The van der Waals surface area contributed by atoms with Gasteiger partial charge in [0.1, 0.15) is 0 Å². The molecule has 0 unspecified atom stereocenters. The van der Waals surface area contributed by atoms with Gasteiger partial charge in [-0.25, -0.2) is 0 Å². The standard InChI is InChI=1S/C10H13NO3S/c1-2-10-8-9(5-6-11-10)4-3-7-15(12,13)14/h2,5-6,8H,1,3-4,7H2,(H,12,13,14). The predicted molar refractivity (Wildman–Crippen MR) is 59.1 cm³/mol. The van der Waals surface area contributed by atoms with E-state index in [0.29, 0.717) is 12.8 Å². The summed E-state index contributed by atoms with van der Waals surface area (Å²) in [6.45, 7) is 3.59. The van der Waals surface area contributed by atoms with Gasteiger partial charge in [0.2, 0.25) is 0 Å². The average molecular weight is 227 g/mol. The van der Waals surface area contributed by atoms with Crippen LogP contribution in [0.1, 0.15) is 17.7 Å². The van der Waals surface area contributed by atoms with Gasteiger partial charge in [0.15, 0.2) is 0 Å². The summed E-state index contributed by atoms with van der Waals surface area (Å²) in [7, 11) is -3.85. The highest BCUT2D eigenvalue weighted by atomic mass is 32.2. The van der Waals surface area contributed by atoms with Gasteiger partial charge in [-0.1, -0.05) is 6.58 Å². The van der Waals surface area contributed by atoms with Gasteiger partial charge in [-0.2, -0.15) is 8.42 Å². The summed E-state index contributed by atoms with van der Waals surface area (Å²) in [6.07, 6.45) is 4.29. The van der Waals surface area contributed by atoms with Crippen LogP contribution in [0.3, 0.4) is 0 Å². The molecule has 0 bridgehead atoms. The van der Waals surface area contributed by atoms with Crippen LogP contribution in [0.4, 0.5) is 0 Å². The van der Waals surface area contributed by atoms with E-state index in [1.165, 1.54) is 0 Å². The first-order valence-corrected chi connectivity index (χ1v) is 6.15. The van der Waals surface area contributed by atoms with E-state index in [0.717, 1.165) is 11.3 Å². The lowest BCUT2D eigenvalue weighted by Crippen LogP contribution is -2.04. The quantitative estimate of drug-likeness (QED) is 0.775. The number of hydrogen-bond donors (Lipinski definition) is 1. The number of aromatic nitrogens is 1. The highest BCUT2D eigenvalue weighted by Crippen LogP contribution is 2.06. The molecule has 0 amide bonds. The molecule has 82 valence electrons. The monoisotopic (exact) mass is 227 g/mol. The molecule has 0 atom stereocenters. The number of rotatable bonds is 5. The first kappa shape index (κ1) is 11.9. The van der Waals surface area contributed by atoms with Gasteiger partial charge in [-0.05, 0) is 36.6 Å². The first-order chi connectivity index (χ1) is 7.01. The number of hydrogen-bond acceptors (Lipinski definition) is 3. The zero-order valence-corrected chi connectivity index (χ0v) is 9.07. The molecule has 0 aliphatic rings. The van der Waals surface area contributed by atoms with Crippen molar-refractivity contribution in [3.05, 3.63) is 36.2 Å². The van der Waals surface area contributed by atoms with Gasteiger partial charge < -0.3 is 0 Å². The zero-order valence-electron chi connectivity index (χ0n) is 8.26. The maximum absolute atomic E-state index is 10.5. The van der Waals surface area contributed by atoms with E-state index in [9.17, 15) is 8.42 Å². The van der Waals surface area contributed by atoms with E-state index in [2.05, 4.69) is 11.6 Å². The smallest absolute Gasteiger partial charge is 0.264 e. The molecule has 1 rings (SSSR count). The van der Waals surface area contributed by atoms with Crippen molar-refractivity contribution >= 4 is 16.2 Å². The van der Waals surface area contributed by atoms with Crippen molar-refractivity contribution in [2.75, 3.05) is 5.75 Å². The van der Waals surface area contributed by atoms with Gasteiger partial charge in [-0.15, -0.1) is 0 Å². The summed E-state index contributed by atoms with van der Waals surface area (Å²) in [6, 6.07) is 3.66. The lowest BCUT2D eigenvalue weighted by Gasteiger charge is -2.01. The maximum Gasteiger partial charge on any atom is 0.264 e. The van der Waals surface area contributed by atoms with E-state index in [-0.39, 0.29) is 5.75 Å². The van der Waals surface area contributed by atoms with Crippen LogP contribution in [-0.2, 0) is 16.5 Å². The van der Waals surface area contributed by atoms with E-state index in [4.69, 9.17) is 4.55 Å². The van der Waals surface area contributed by atoms with Crippen LogP contribution in [0.5, 0.6) is 0 Å². The fourth-order valence-electron chi connectivity index (χ4n) is 1.22. The summed E-state index contributed by atoms with van der Waals surface area (Å²) < 4.78 is 29.5. The summed E-state index contributed by atoms with van der Waals surface area (Å²) >= 11 is 0. The molecule has 0 fully saturated rings. The highest BCUT2D eigenvalue weighted by Gasteiger charge is 2.04. The topological polar surface area (TPSA) is 67.3 Å². The van der Waals surface area contributed by atoms with Crippen molar-refractivity contribution in [2.24, 2.45) is 0 Å². The Morgan fingerprint density at radius 2 is 2.27 bits per heavy atom. The Labute approximate surface area is 89.4 Å². The molecule has 0 aliphatic carbocycles. The Bertz CT molecular complexity index is 440. The third kappa shape index (κ3) is 4.71. The molecule has 0 aromatic carbocycles. The third-order valence-electron chi connectivity index (χ3n) is 1.92. The molecule has 0 radical (unpaired) electrons. The van der Waals surface area contributed by atoms with E-state index < -0.39 is 10.1 Å². The minimum Gasteiger partial charge on any atom is -0.286 e. The predicted octanol–water partition coefficient (Wildman–Crippen LogP) is 1.55. The Morgan fingerprint density at radius 1 is 1.53 bits per heavy atom. The Balaban J connectivity index is 2.54. The minimum atomic E-state index is -3.85. The molecule has 5 heteroatoms. The largest absolute Gasteiger partial charge is 0.286 e. The van der Waals surface area contributed by atoms with Crippen molar-refractivity contribution in [3.63, 3.8) is 0 Å². The van der Waals surface area contributed by atoms with E-state index >= 15 is 0 Å². The molecule has 0 aliphatic heterocycles. The van der Waals surface area contributed by atoms with Crippen molar-refractivity contribution in [1.29, 1.82) is 0 Å². The van der Waals surface area contributed by atoms with Crippen molar-refractivity contribution in [3.8, 4) is 0 Å². The Morgan fingerprint density at radius 3 is 2.87 bits per heavy atom. The summed E-state index contributed by atoms with van der Waals surface area (Å²) in [5, 5.41) is 0. The number of aryl methyl sites for hydroxylation is 1. The number of pyridine rings is 1. The lowest BCUT2D eigenvalue weighted by atomic mass is 10.1. The third-order valence-corrected chi connectivity index (χ3v) is 2.73. The molecule has 4 nitrogen and oxygen atoms in total. The van der Waals surface area contributed by atoms with Crippen LogP contribution in [0.25, 0.3) is 6.08 Å². The second-order valence-electron chi connectivity index (χ2n) is 3.18. The van der Waals surface area contributed by atoms with Crippen LogP contribution >= 0.6 is 0 Å². The molecule has 15 heavy (non-hydrogen) atoms. The zero-order chi connectivity index (χ0) is 11.3. The molecule has 1 aromatic rings. The van der Waals surface area contributed by atoms with E-state index in [1.54, 1.807) is 12.3 Å². The van der Waals surface area contributed by atoms with Gasteiger partial charge in [0.05, 0.1) is 11.4 Å². The highest BCUT2D eigenvalue weighted by molar-refractivity contribution is 7.85. The van der Waals surface area contributed by atoms with Gasteiger partial charge in [-0.3, -0.25) is 9.54 Å². The molecule has 1 aromatic heterocycles. The van der Waals surface area contributed by atoms with Crippen LogP contribution in [-0.4, -0.2) is 23.7 Å². The molecule has 1 heterocycles. The second-order valence-corrected chi connectivity index (χ2v) is 4.75. The van der Waals surface area contributed by atoms with Crippen LogP contribution in [0.15, 0.2) is 24.9 Å². The maximum atomic E-state index is 10.5. The Kier molecular flexibility index (Phi) is 3.99.